The molecular weight excluding hydrogens is 320 g/mol. The van der Waals surface area contributed by atoms with Crippen LogP contribution >= 0.6 is 27.5 Å². The van der Waals surface area contributed by atoms with Gasteiger partial charge in [0.2, 0.25) is 0 Å². The van der Waals surface area contributed by atoms with E-state index in [0.717, 1.165) is 10.0 Å². The fraction of sp³-hybridized carbons (Fsp3) is 0.0909. The standard InChI is InChI=1S/C11H8BrClN4O/c1-6-4-10(14-5-7(6)12)15-11(18)8-2-3-9(13)17-16-8/h2-5H,1H3,(H,14,15,18). The molecule has 2 heterocycles. The van der Waals surface area contributed by atoms with Crippen molar-refractivity contribution >= 4 is 39.3 Å². The number of carbonyl (C=O) groups is 1. The molecule has 0 radical (unpaired) electrons. The zero-order valence-electron chi connectivity index (χ0n) is 9.32. The second-order valence-electron chi connectivity index (χ2n) is 3.51. The fourth-order valence-corrected chi connectivity index (χ4v) is 1.54. The van der Waals surface area contributed by atoms with Gasteiger partial charge in [-0.05, 0) is 46.6 Å². The Labute approximate surface area is 117 Å². The van der Waals surface area contributed by atoms with Crippen LogP contribution in [0.2, 0.25) is 5.15 Å². The maximum absolute atomic E-state index is 11.8. The summed E-state index contributed by atoms with van der Waals surface area (Å²) in [7, 11) is 0. The Hall–Kier alpha value is -1.53. The first-order valence-corrected chi connectivity index (χ1v) is 6.16. The largest absolute Gasteiger partial charge is 0.305 e. The van der Waals surface area contributed by atoms with E-state index in [1.807, 2.05) is 6.92 Å². The molecule has 0 aromatic carbocycles. The Balaban J connectivity index is 2.16. The molecule has 2 rings (SSSR count). The van der Waals surface area contributed by atoms with Crippen LogP contribution in [0.1, 0.15) is 16.1 Å². The third-order valence-corrected chi connectivity index (χ3v) is 3.18. The van der Waals surface area contributed by atoms with Crippen molar-refractivity contribution in [3.05, 3.63) is 45.3 Å². The number of pyridine rings is 1. The van der Waals surface area contributed by atoms with Crippen molar-refractivity contribution in [3.63, 3.8) is 0 Å². The van der Waals surface area contributed by atoms with Crippen molar-refractivity contribution in [1.82, 2.24) is 15.2 Å². The first kappa shape index (κ1) is 12.9. The highest BCUT2D eigenvalue weighted by Crippen LogP contribution is 2.17. The number of nitrogens with zero attached hydrogens (tertiary/aromatic N) is 3. The maximum atomic E-state index is 11.8. The van der Waals surface area contributed by atoms with E-state index in [0.29, 0.717) is 5.82 Å². The molecule has 7 heteroatoms. The zero-order chi connectivity index (χ0) is 13.1. The summed E-state index contributed by atoms with van der Waals surface area (Å²) < 4.78 is 0.881. The number of aryl methyl sites for hydroxylation is 1. The molecule has 1 N–H and O–H groups in total. The van der Waals surface area contributed by atoms with E-state index in [9.17, 15) is 4.79 Å². The second kappa shape index (κ2) is 5.41. The van der Waals surface area contributed by atoms with E-state index in [4.69, 9.17) is 11.6 Å². The fourth-order valence-electron chi connectivity index (χ4n) is 1.23. The van der Waals surface area contributed by atoms with Crippen LogP contribution in [0.25, 0.3) is 0 Å². The minimum atomic E-state index is -0.381. The van der Waals surface area contributed by atoms with Gasteiger partial charge in [-0.1, -0.05) is 11.6 Å². The summed E-state index contributed by atoms with van der Waals surface area (Å²) in [5.41, 5.74) is 1.16. The van der Waals surface area contributed by atoms with Crippen LogP contribution in [0.5, 0.6) is 0 Å². The van der Waals surface area contributed by atoms with E-state index in [-0.39, 0.29) is 16.8 Å². The minimum Gasteiger partial charge on any atom is -0.305 e. The number of carbonyl (C=O) groups excluding carboxylic acids is 1. The minimum absolute atomic E-state index is 0.182. The Kier molecular flexibility index (Phi) is 3.88. The van der Waals surface area contributed by atoms with Gasteiger partial charge in [0.05, 0.1) is 0 Å². The number of hydrogen-bond acceptors (Lipinski definition) is 4. The molecule has 5 nitrogen and oxygen atoms in total. The van der Waals surface area contributed by atoms with E-state index < -0.39 is 0 Å². The first-order valence-electron chi connectivity index (χ1n) is 4.99. The van der Waals surface area contributed by atoms with Crippen molar-refractivity contribution in [3.8, 4) is 0 Å². The Morgan fingerprint density at radius 3 is 2.78 bits per heavy atom. The summed E-state index contributed by atoms with van der Waals surface area (Å²) in [4.78, 5) is 15.9. The molecule has 0 bridgehead atoms. The predicted octanol–water partition coefficient (Wildman–Crippen LogP) is 2.85. The van der Waals surface area contributed by atoms with E-state index in [1.54, 1.807) is 12.3 Å². The molecular formula is C11H8BrClN4O. The van der Waals surface area contributed by atoms with Gasteiger partial charge in [-0.3, -0.25) is 4.79 Å². The molecule has 2 aromatic heterocycles. The van der Waals surface area contributed by atoms with E-state index in [2.05, 4.69) is 36.4 Å². The van der Waals surface area contributed by atoms with Crippen LogP contribution in [0.15, 0.2) is 28.9 Å². The number of rotatable bonds is 2. The van der Waals surface area contributed by atoms with Crippen molar-refractivity contribution in [2.45, 2.75) is 6.92 Å². The molecule has 0 spiro atoms. The monoisotopic (exact) mass is 326 g/mol. The molecule has 92 valence electrons. The maximum Gasteiger partial charge on any atom is 0.277 e. The van der Waals surface area contributed by atoms with Gasteiger partial charge in [-0.2, -0.15) is 0 Å². The van der Waals surface area contributed by atoms with Gasteiger partial charge in [-0.15, -0.1) is 10.2 Å². The summed E-state index contributed by atoms with van der Waals surface area (Å²) in [6, 6.07) is 4.76. The molecule has 0 aliphatic rings. The number of anilines is 1. The Morgan fingerprint density at radius 2 is 2.17 bits per heavy atom. The number of hydrogen-bond donors (Lipinski definition) is 1. The van der Waals surface area contributed by atoms with E-state index in [1.165, 1.54) is 12.1 Å². The van der Waals surface area contributed by atoms with Crippen molar-refractivity contribution in [1.29, 1.82) is 0 Å². The molecule has 0 unspecified atom stereocenters. The van der Waals surface area contributed by atoms with Crippen LogP contribution < -0.4 is 5.32 Å². The van der Waals surface area contributed by atoms with Crippen LogP contribution in [0.3, 0.4) is 0 Å². The van der Waals surface area contributed by atoms with Gasteiger partial charge in [-0.25, -0.2) is 4.98 Å². The third-order valence-electron chi connectivity index (χ3n) is 2.15. The quantitative estimate of drug-likeness (QED) is 0.921. The molecule has 2 aromatic rings. The molecule has 0 saturated carbocycles. The number of aromatic nitrogens is 3. The van der Waals surface area contributed by atoms with Gasteiger partial charge in [0.1, 0.15) is 5.82 Å². The molecule has 0 aliphatic heterocycles. The summed E-state index contributed by atoms with van der Waals surface area (Å²) in [6.07, 6.45) is 1.62. The lowest BCUT2D eigenvalue weighted by atomic mass is 10.3. The summed E-state index contributed by atoms with van der Waals surface area (Å²) >= 11 is 8.93. The van der Waals surface area contributed by atoms with Crippen molar-refractivity contribution in [2.75, 3.05) is 5.32 Å². The highest BCUT2D eigenvalue weighted by atomic mass is 79.9. The highest BCUT2D eigenvalue weighted by Gasteiger charge is 2.09. The lowest BCUT2D eigenvalue weighted by Crippen LogP contribution is -2.15. The van der Waals surface area contributed by atoms with Crippen molar-refractivity contribution in [2.24, 2.45) is 0 Å². The second-order valence-corrected chi connectivity index (χ2v) is 4.76. The molecule has 0 aliphatic carbocycles. The zero-order valence-corrected chi connectivity index (χ0v) is 11.7. The number of halogens is 2. The average molecular weight is 328 g/mol. The molecule has 0 atom stereocenters. The summed E-state index contributed by atoms with van der Waals surface area (Å²) in [5.74, 6) is 0.0749. The lowest BCUT2D eigenvalue weighted by Gasteiger charge is -2.05. The van der Waals surface area contributed by atoms with Crippen LogP contribution in [0.4, 0.5) is 5.82 Å². The van der Waals surface area contributed by atoms with Crippen LogP contribution in [-0.4, -0.2) is 21.1 Å². The van der Waals surface area contributed by atoms with Gasteiger partial charge in [0, 0.05) is 10.7 Å². The molecule has 0 fully saturated rings. The van der Waals surface area contributed by atoms with Gasteiger partial charge in [0.15, 0.2) is 10.8 Å². The Morgan fingerprint density at radius 1 is 1.39 bits per heavy atom. The molecule has 18 heavy (non-hydrogen) atoms. The molecule has 1 amide bonds. The van der Waals surface area contributed by atoms with Gasteiger partial charge in [0.25, 0.3) is 5.91 Å². The van der Waals surface area contributed by atoms with Gasteiger partial charge >= 0.3 is 0 Å². The smallest absolute Gasteiger partial charge is 0.277 e. The van der Waals surface area contributed by atoms with Crippen molar-refractivity contribution < 1.29 is 4.79 Å². The normalized spacial score (nSPS) is 10.2. The number of nitrogens with one attached hydrogen (secondary N) is 1. The Bertz CT molecular complexity index is 588. The predicted molar refractivity (Wildman–Crippen MR) is 71.7 cm³/mol. The summed E-state index contributed by atoms with van der Waals surface area (Å²) in [5, 5.41) is 10.2. The first-order chi connectivity index (χ1) is 8.56. The van der Waals surface area contributed by atoms with Crippen LogP contribution in [-0.2, 0) is 0 Å². The summed E-state index contributed by atoms with van der Waals surface area (Å²) in [6.45, 7) is 1.91. The molecule has 0 saturated heterocycles. The lowest BCUT2D eigenvalue weighted by molar-refractivity contribution is 0.102. The topological polar surface area (TPSA) is 67.8 Å². The third kappa shape index (κ3) is 3.02. The van der Waals surface area contributed by atoms with Crippen LogP contribution in [0, 0.1) is 6.92 Å². The number of amides is 1. The average Bonchev–Trinajstić information content (AvgIpc) is 2.34. The highest BCUT2D eigenvalue weighted by molar-refractivity contribution is 9.10. The SMILES string of the molecule is Cc1cc(NC(=O)c2ccc(Cl)nn2)ncc1Br. The van der Waals surface area contributed by atoms with E-state index >= 15 is 0 Å². The van der Waals surface area contributed by atoms with Gasteiger partial charge < -0.3 is 5.32 Å².